The van der Waals surface area contributed by atoms with Crippen molar-refractivity contribution in [1.29, 1.82) is 0 Å². The number of halogens is 3. The van der Waals surface area contributed by atoms with Crippen molar-refractivity contribution in [2.24, 2.45) is 0 Å². The van der Waals surface area contributed by atoms with E-state index in [2.05, 4.69) is 0 Å². The van der Waals surface area contributed by atoms with E-state index in [-0.39, 0.29) is 0 Å². The van der Waals surface area contributed by atoms with E-state index in [0.717, 1.165) is 17.7 Å². The van der Waals surface area contributed by atoms with Crippen LogP contribution in [0.15, 0.2) is 24.3 Å². The van der Waals surface area contributed by atoms with Gasteiger partial charge in [-0.25, -0.2) is 0 Å². The van der Waals surface area contributed by atoms with E-state index in [4.69, 9.17) is 4.43 Å². The molecule has 0 bridgehead atoms. The van der Waals surface area contributed by atoms with Crippen molar-refractivity contribution in [3.63, 3.8) is 0 Å². The molecule has 0 saturated heterocycles. The zero-order valence-electron chi connectivity index (χ0n) is 9.56. The van der Waals surface area contributed by atoms with Gasteiger partial charge in [0, 0.05) is 0 Å². The normalized spacial score (nSPS) is 12.9. The van der Waals surface area contributed by atoms with Gasteiger partial charge in [0.2, 0.25) is 0 Å². The molecule has 0 saturated carbocycles. The summed E-state index contributed by atoms with van der Waals surface area (Å²) < 4.78 is 42.4. The van der Waals surface area contributed by atoms with Gasteiger partial charge in [-0.1, -0.05) is 12.1 Å². The molecule has 0 radical (unpaired) electrons. The summed E-state index contributed by atoms with van der Waals surface area (Å²) in [5, 5.41) is 0. The van der Waals surface area contributed by atoms with Gasteiger partial charge in [-0.3, -0.25) is 0 Å². The van der Waals surface area contributed by atoms with E-state index in [9.17, 15) is 13.2 Å². The molecule has 1 nitrogen and oxygen atoms in total. The molecule has 1 rings (SSSR count). The highest BCUT2D eigenvalue weighted by Crippen LogP contribution is 2.29. The lowest BCUT2D eigenvalue weighted by molar-refractivity contribution is -0.137. The van der Waals surface area contributed by atoms with Crippen molar-refractivity contribution in [1.82, 2.24) is 0 Å². The first-order valence-electron chi connectivity index (χ1n) is 4.98. The molecular formula is C11H15F3OSi. The van der Waals surface area contributed by atoms with E-state index < -0.39 is 20.1 Å². The Hall–Kier alpha value is -0.813. The summed E-state index contributed by atoms with van der Waals surface area (Å²) >= 11 is 0. The first-order chi connectivity index (χ1) is 7.18. The predicted octanol–water partition coefficient (Wildman–Crippen LogP) is 4.06. The second-order valence-corrected chi connectivity index (χ2v) is 9.11. The third kappa shape index (κ3) is 4.36. The number of hydrogen-bond donors (Lipinski definition) is 0. The molecule has 1 aromatic rings. The van der Waals surface area contributed by atoms with Crippen LogP contribution in [0.3, 0.4) is 0 Å². The summed E-state index contributed by atoms with van der Waals surface area (Å²) in [6.45, 7) is 6.50. The molecule has 0 aromatic heterocycles. The van der Waals surface area contributed by atoms with Gasteiger partial charge >= 0.3 is 6.18 Å². The average molecular weight is 248 g/mol. The molecule has 5 heteroatoms. The topological polar surface area (TPSA) is 9.23 Å². The van der Waals surface area contributed by atoms with Crippen molar-refractivity contribution in [3.8, 4) is 0 Å². The Kier molecular flexibility index (Phi) is 3.80. The molecule has 0 aliphatic heterocycles. The Balaban J connectivity index is 2.66. The smallest absolute Gasteiger partial charge is 0.413 e. The van der Waals surface area contributed by atoms with Gasteiger partial charge in [-0.15, -0.1) is 0 Å². The molecule has 16 heavy (non-hydrogen) atoms. The van der Waals surface area contributed by atoms with Gasteiger partial charge in [0.1, 0.15) is 0 Å². The Morgan fingerprint density at radius 3 is 1.94 bits per heavy atom. The molecule has 0 unspecified atom stereocenters. The zero-order chi connectivity index (χ0) is 12.4. The first kappa shape index (κ1) is 13.3. The number of hydrogen-bond acceptors (Lipinski definition) is 1. The lowest BCUT2D eigenvalue weighted by atomic mass is 10.1. The minimum atomic E-state index is -4.27. The van der Waals surface area contributed by atoms with Crippen molar-refractivity contribution in [3.05, 3.63) is 35.4 Å². The molecule has 0 aliphatic rings. The summed E-state index contributed by atoms with van der Waals surface area (Å²) in [7, 11) is -1.61. The monoisotopic (exact) mass is 248 g/mol. The van der Waals surface area contributed by atoms with Crippen LogP contribution in [-0.2, 0) is 17.2 Å². The highest BCUT2D eigenvalue weighted by Gasteiger charge is 2.29. The zero-order valence-corrected chi connectivity index (χ0v) is 10.6. The second-order valence-electron chi connectivity index (χ2n) is 4.60. The van der Waals surface area contributed by atoms with Gasteiger partial charge in [-0.2, -0.15) is 13.2 Å². The number of benzene rings is 1. The highest BCUT2D eigenvalue weighted by atomic mass is 28.4. The summed E-state index contributed by atoms with van der Waals surface area (Å²) in [5.41, 5.74) is 0.152. The summed E-state index contributed by atoms with van der Waals surface area (Å²) in [5.74, 6) is 0. The predicted molar refractivity (Wildman–Crippen MR) is 59.6 cm³/mol. The second kappa shape index (κ2) is 4.59. The Morgan fingerprint density at radius 1 is 1.06 bits per heavy atom. The molecular weight excluding hydrogens is 233 g/mol. The lowest BCUT2D eigenvalue weighted by Crippen LogP contribution is -2.24. The molecule has 0 spiro atoms. The molecule has 1 aromatic carbocycles. The van der Waals surface area contributed by atoms with Gasteiger partial charge in [-0.05, 0) is 37.3 Å². The van der Waals surface area contributed by atoms with Crippen LogP contribution in [-0.4, -0.2) is 8.32 Å². The largest absolute Gasteiger partial charge is 0.416 e. The summed E-state index contributed by atoms with van der Waals surface area (Å²) in [6.07, 6.45) is -4.27. The van der Waals surface area contributed by atoms with Crippen molar-refractivity contribution in [2.75, 3.05) is 0 Å². The van der Waals surface area contributed by atoms with Gasteiger partial charge in [0.25, 0.3) is 0 Å². The lowest BCUT2D eigenvalue weighted by Gasteiger charge is -2.17. The van der Waals surface area contributed by atoms with Gasteiger partial charge in [0.15, 0.2) is 8.32 Å². The van der Waals surface area contributed by atoms with Crippen molar-refractivity contribution >= 4 is 8.32 Å². The number of alkyl halides is 3. The van der Waals surface area contributed by atoms with Gasteiger partial charge in [0.05, 0.1) is 12.2 Å². The average Bonchev–Trinajstić information content (AvgIpc) is 2.13. The molecule has 90 valence electrons. The SMILES string of the molecule is C[Si](C)(C)OCc1ccc(C(F)(F)F)cc1. The maximum atomic E-state index is 12.3. The Bertz CT molecular complexity index is 338. The number of rotatable bonds is 3. The third-order valence-corrected chi connectivity index (χ3v) is 2.96. The van der Waals surface area contributed by atoms with Crippen LogP contribution < -0.4 is 0 Å². The fourth-order valence-corrected chi connectivity index (χ4v) is 1.69. The quantitative estimate of drug-likeness (QED) is 0.733. The van der Waals surface area contributed by atoms with E-state index in [1.165, 1.54) is 12.1 Å². The Labute approximate surface area is 94.4 Å². The van der Waals surface area contributed by atoms with Crippen LogP contribution in [0.2, 0.25) is 19.6 Å². The van der Waals surface area contributed by atoms with Crippen LogP contribution in [0.25, 0.3) is 0 Å². The van der Waals surface area contributed by atoms with Gasteiger partial charge < -0.3 is 4.43 Å². The molecule has 0 N–H and O–H groups in total. The molecule has 0 aliphatic carbocycles. The van der Waals surface area contributed by atoms with E-state index in [1.807, 2.05) is 19.6 Å². The first-order valence-corrected chi connectivity index (χ1v) is 8.39. The van der Waals surface area contributed by atoms with Crippen molar-refractivity contribution < 1.29 is 17.6 Å². The maximum Gasteiger partial charge on any atom is 0.416 e. The highest BCUT2D eigenvalue weighted by molar-refractivity contribution is 6.69. The fourth-order valence-electron chi connectivity index (χ4n) is 1.09. The third-order valence-electron chi connectivity index (χ3n) is 1.95. The molecule has 0 heterocycles. The van der Waals surface area contributed by atoms with E-state index >= 15 is 0 Å². The summed E-state index contributed by atoms with van der Waals surface area (Å²) in [4.78, 5) is 0. The van der Waals surface area contributed by atoms with Crippen LogP contribution in [0.4, 0.5) is 13.2 Å². The standard InChI is InChI=1S/C11H15F3OSi/c1-16(2,3)15-8-9-4-6-10(7-5-9)11(12,13)14/h4-7H,8H2,1-3H3. The fraction of sp³-hybridized carbons (Fsp3) is 0.455. The maximum absolute atomic E-state index is 12.3. The van der Waals surface area contributed by atoms with Crippen LogP contribution in [0, 0.1) is 0 Å². The molecule has 0 atom stereocenters. The minimum absolute atomic E-state index is 0.383. The molecule has 0 fully saturated rings. The van der Waals surface area contributed by atoms with Crippen molar-refractivity contribution in [2.45, 2.75) is 32.4 Å². The Morgan fingerprint density at radius 2 is 1.56 bits per heavy atom. The van der Waals surface area contributed by atoms with E-state index in [1.54, 1.807) is 0 Å². The van der Waals surface area contributed by atoms with Crippen LogP contribution in [0.5, 0.6) is 0 Å². The van der Waals surface area contributed by atoms with E-state index in [0.29, 0.717) is 6.61 Å². The molecule has 0 amide bonds. The minimum Gasteiger partial charge on any atom is -0.413 e. The summed E-state index contributed by atoms with van der Waals surface area (Å²) in [6, 6.07) is 5.09. The van der Waals surface area contributed by atoms with Crippen LogP contribution >= 0.6 is 0 Å². The van der Waals surface area contributed by atoms with Crippen LogP contribution in [0.1, 0.15) is 11.1 Å².